The van der Waals surface area contributed by atoms with Gasteiger partial charge < -0.3 is 14.8 Å². The molecule has 4 fully saturated rings. The maximum absolute atomic E-state index is 12.5. The lowest BCUT2D eigenvalue weighted by Gasteiger charge is -2.59. The standard InChI is InChI=1S/C27H37NO5/c1-3-10-32-23-6-4-22(5-7-23)24(29)8-9-26(31)33-17-25(30)28-18(2)27-14-19-11-20(15-27)13-21(12-19)16-27/h4-7,18-21H,3,8-17H2,1-2H3,(H,28,30). The summed E-state index contributed by atoms with van der Waals surface area (Å²) < 4.78 is 10.7. The van der Waals surface area contributed by atoms with Crippen LogP contribution in [-0.2, 0) is 14.3 Å². The number of hydrogen-bond donors (Lipinski definition) is 1. The van der Waals surface area contributed by atoms with Crippen LogP contribution in [0.15, 0.2) is 24.3 Å². The minimum absolute atomic E-state index is 0.0370. The number of ketones is 1. The molecule has 1 unspecified atom stereocenters. The van der Waals surface area contributed by atoms with Crippen molar-refractivity contribution in [3.05, 3.63) is 29.8 Å². The van der Waals surface area contributed by atoms with Crippen molar-refractivity contribution in [3.63, 3.8) is 0 Å². The third-order valence-corrected chi connectivity index (χ3v) is 7.95. The molecule has 33 heavy (non-hydrogen) atoms. The summed E-state index contributed by atoms with van der Waals surface area (Å²) >= 11 is 0. The molecule has 6 heteroatoms. The molecule has 180 valence electrons. The molecule has 0 saturated heterocycles. The van der Waals surface area contributed by atoms with E-state index in [1.54, 1.807) is 24.3 Å². The van der Waals surface area contributed by atoms with Gasteiger partial charge in [0.25, 0.3) is 5.91 Å². The molecule has 0 aromatic heterocycles. The van der Waals surface area contributed by atoms with Gasteiger partial charge in [-0.25, -0.2) is 0 Å². The number of carbonyl (C=O) groups is 3. The highest BCUT2D eigenvalue weighted by molar-refractivity contribution is 5.97. The van der Waals surface area contributed by atoms with E-state index in [0.717, 1.165) is 29.9 Å². The van der Waals surface area contributed by atoms with Gasteiger partial charge in [-0.1, -0.05) is 6.92 Å². The first-order valence-electron chi connectivity index (χ1n) is 12.6. The van der Waals surface area contributed by atoms with Crippen LogP contribution in [-0.4, -0.2) is 36.9 Å². The molecular formula is C27H37NO5. The van der Waals surface area contributed by atoms with Gasteiger partial charge in [0.05, 0.1) is 13.0 Å². The van der Waals surface area contributed by atoms with E-state index in [1.807, 2.05) is 6.92 Å². The van der Waals surface area contributed by atoms with Gasteiger partial charge in [-0.3, -0.25) is 14.4 Å². The van der Waals surface area contributed by atoms with Crippen LogP contribution < -0.4 is 10.1 Å². The van der Waals surface area contributed by atoms with Gasteiger partial charge in [-0.15, -0.1) is 0 Å². The molecule has 0 heterocycles. The quantitative estimate of drug-likeness (QED) is 0.386. The summed E-state index contributed by atoms with van der Waals surface area (Å²) in [6.07, 6.45) is 8.69. The first-order chi connectivity index (χ1) is 15.9. The number of benzene rings is 1. The molecule has 0 spiro atoms. The minimum atomic E-state index is -0.524. The van der Waals surface area contributed by atoms with E-state index < -0.39 is 5.97 Å². The van der Waals surface area contributed by atoms with Gasteiger partial charge in [0.15, 0.2) is 12.4 Å². The zero-order valence-electron chi connectivity index (χ0n) is 19.9. The highest BCUT2D eigenvalue weighted by Gasteiger charge is 2.53. The fraction of sp³-hybridized carbons (Fsp3) is 0.667. The molecule has 0 aliphatic heterocycles. The van der Waals surface area contributed by atoms with E-state index in [9.17, 15) is 14.4 Å². The summed E-state index contributed by atoms with van der Waals surface area (Å²) in [5.41, 5.74) is 0.756. The van der Waals surface area contributed by atoms with E-state index in [4.69, 9.17) is 9.47 Å². The molecule has 4 aliphatic rings. The summed E-state index contributed by atoms with van der Waals surface area (Å²) in [5, 5.41) is 3.11. The van der Waals surface area contributed by atoms with Crippen molar-refractivity contribution in [2.75, 3.05) is 13.2 Å². The van der Waals surface area contributed by atoms with Crippen molar-refractivity contribution in [1.82, 2.24) is 5.32 Å². The Bertz CT molecular complexity index is 826. The summed E-state index contributed by atoms with van der Waals surface area (Å²) in [5.74, 6) is 2.29. The predicted octanol–water partition coefficient (Wildman–Crippen LogP) is 4.70. The fourth-order valence-corrected chi connectivity index (χ4v) is 6.68. The number of rotatable bonds is 11. The molecular weight excluding hydrogens is 418 g/mol. The number of esters is 1. The normalized spacial score (nSPS) is 28.2. The lowest BCUT2D eigenvalue weighted by atomic mass is 9.48. The van der Waals surface area contributed by atoms with Crippen LogP contribution in [0, 0.1) is 23.2 Å². The molecule has 1 atom stereocenters. The minimum Gasteiger partial charge on any atom is -0.494 e. The smallest absolute Gasteiger partial charge is 0.306 e. The van der Waals surface area contributed by atoms with Gasteiger partial charge in [-0.05, 0) is 99.3 Å². The van der Waals surface area contributed by atoms with Crippen LogP contribution in [0.25, 0.3) is 0 Å². The van der Waals surface area contributed by atoms with E-state index >= 15 is 0 Å². The van der Waals surface area contributed by atoms with Gasteiger partial charge in [0.1, 0.15) is 5.75 Å². The van der Waals surface area contributed by atoms with Crippen molar-refractivity contribution in [3.8, 4) is 5.75 Å². The van der Waals surface area contributed by atoms with Crippen LogP contribution >= 0.6 is 0 Å². The first kappa shape index (κ1) is 23.8. The maximum atomic E-state index is 12.5. The SMILES string of the molecule is CCCOc1ccc(C(=O)CCC(=O)OCC(=O)NC(C)C23CC4CC(CC(C4)C2)C3)cc1. The van der Waals surface area contributed by atoms with Gasteiger partial charge >= 0.3 is 5.97 Å². The Kier molecular flexibility index (Phi) is 7.40. The van der Waals surface area contributed by atoms with Crippen molar-refractivity contribution in [1.29, 1.82) is 0 Å². The number of carbonyl (C=O) groups excluding carboxylic acids is 3. The summed E-state index contributed by atoms with van der Waals surface area (Å²) in [7, 11) is 0. The Labute approximate surface area is 196 Å². The van der Waals surface area contributed by atoms with Crippen molar-refractivity contribution >= 4 is 17.7 Å². The van der Waals surface area contributed by atoms with Crippen LogP contribution in [0.5, 0.6) is 5.75 Å². The van der Waals surface area contributed by atoms with E-state index in [-0.39, 0.29) is 42.6 Å². The predicted molar refractivity (Wildman–Crippen MR) is 125 cm³/mol. The first-order valence-corrected chi connectivity index (χ1v) is 12.6. The summed E-state index contributed by atoms with van der Waals surface area (Å²) in [6, 6.07) is 7.03. The molecule has 4 aliphatic carbocycles. The Hall–Kier alpha value is -2.37. The number of amides is 1. The van der Waals surface area contributed by atoms with Crippen molar-refractivity contribution in [2.45, 2.75) is 77.7 Å². The lowest BCUT2D eigenvalue weighted by Crippen LogP contribution is -2.56. The van der Waals surface area contributed by atoms with Gasteiger partial charge in [0.2, 0.25) is 0 Å². The highest BCUT2D eigenvalue weighted by Crippen LogP contribution is 2.61. The molecule has 0 radical (unpaired) electrons. The zero-order valence-corrected chi connectivity index (χ0v) is 19.9. The average molecular weight is 456 g/mol. The Balaban J connectivity index is 1.17. The van der Waals surface area contributed by atoms with Crippen LogP contribution in [0.2, 0.25) is 0 Å². The van der Waals surface area contributed by atoms with E-state index in [1.165, 1.54) is 38.5 Å². The van der Waals surface area contributed by atoms with Crippen LogP contribution in [0.3, 0.4) is 0 Å². The molecule has 1 N–H and O–H groups in total. The molecule has 5 rings (SSSR count). The maximum Gasteiger partial charge on any atom is 0.306 e. The Morgan fingerprint density at radius 3 is 2.18 bits per heavy atom. The second kappa shape index (κ2) is 10.3. The largest absolute Gasteiger partial charge is 0.494 e. The number of hydrogen-bond acceptors (Lipinski definition) is 5. The van der Waals surface area contributed by atoms with E-state index in [2.05, 4.69) is 12.2 Å². The molecule has 6 nitrogen and oxygen atoms in total. The number of ether oxygens (including phenoxy) is 2. The highest BCUT2D eigenvalue weighted by atomic mass is 16.5. The number of Topliss-reactive ketones (excluding diaryl/α,β-unsaturated/α-hetero) is 1. The molecule has 1 aromatic rings. The topological polar surface area (TPSA) is 81.7 Å². The Morgan fingerprint density at radius 1 is 1.00 bits per heavy atom. The molecule has 1 aromatic carbocycles. The number of nitrogens with one attached hydrogen (secondary N) is 1. The molecule has 1 amide bonds. The second-order valence-electron chi connectivity index (χ2n) is 10.5. The van der Waals surface area contributed by atoms with Crippen LogP contribution in [0.4, 0.5) is 0 Å². The van der Waals surface area contributed by atoms with Crippen molar-refractivity contribution in [2.24, 2.45) is 23.2 Å². The van der Waals surface area contributed by atoms with Crippen LogP contribution in [0.1, 0.15) is 82.0 Å². The fourth-order valence-electron chi connectivity index (χ4n) is 6.68. The van der Waals surface area contributed by atoms with Gasteiger partial charge in [-0.2, -0.15) is 0 Å². The summed E-state index contributed by atoms with van der Waals surface area (Å²) in [6.45, 7) is 4.50. The van der Waals surface area contributed by atoms with Crippen molar-refractivity contribution < 1.29 is 23.9 Å². The van der Waals surface area contributed by atoms with E-state index in [0.29, 0.717) is 12.2 Å². The lowest BCUT2D eigenvalue weighted by molar-refractivity contribution is -0.149. The third kappa shape index (κ3) is 5.77. The third-order valence-electron chi connectivity index (χ3n) is 7.95. The zero-order chi connectivity index (χ0) is 23.4. The second-order valence-corrected chi connectivity index (χ2v) is 10.5. The average Bonchev–Trinajstić information content (AvgIpc) is 2.79. The molecule has 4 bridgehead atoms. The monoisotopic (exact) mass is 455 g/mol. The summed E-state index contributed by atoms with van der Waals surface area (Å²) in [4.78, 5) is 36.9. The Morgan fingerprint density at radius 2 is 1.61 bits per heavy atom. The molecule has 4 saturated carbocycles. The van der Waals surface area contributed by atoms with Gasteiger partial charge in [0, 0.05) is 18.0 Å².